The standard InChI is InChI=1S/C28H41N3O6S/c1-21(2)17-31(38(34,35)25-12-10-24(36-4)11-13-25)19-27(32)26(16-23-8-6-5-7-9-23)29-28(33)20-30-14-15-37-22(3)18-30/h5-13,21-22,26-27,32H,14-20H2,1-4H3,(H,29,33)/t22-,26-,27+/m0/s1. The lowest BCUT2D eigenvalue weighted by molar-refractivity contribution is -0.125. The molecule has 1 aliphatic heterocycles. The summed E-state index contributed by atoms with van der Waals surface area (Å²) in [4.78, 5) is 15.2. The maximum Gasteiger partial charge on any atom is 0.243 e. The number of aliphatic hydroxyl groups is 1. The molecule has 1 fully saturated rings. The van der Waals surface area contributed by atoms with Crippen molar-refractivity contribution in [1.82, 2.24) is 14.5 Å². The summed E-state index contributed by atoms with van der Waals surface area (Å²) in [6.07, 6.45) is -0.713. The maximum absolute atomic E-state index is 13.6. The van der Waals surface area contributed by atoms with E-state index in [2.05, 4.69) is 5.32 Å². The van der Waals surface area contributed by atoms with Crippen molar-refractivity contribution in [2.75, 3.05) is 46.4 Å². The molecule has 1 heterocycles. The Balaban J connectivity index is 1.79. The number of nitrogens with one attached hydrogen (secondary N) is 1. The molecule has 3 rings (SSSR count). The quantitative estimate of drug-likeness (QED) is 0.396. The van der Waals surface area contributed by atoms with Crippen molar-refractivity contribution in [3.05, 3.63) is 60.2 Å². The van der Waals surface area contributed by atoms with Crippen LogP contribution in [0.2, 0.25) is 0 Å². The summed E-state index contributed by atoms with van der Waals surface area (Å²) in [5, 5.41) is 14.4. The Hall–Kier alpha value is -2.50. The molecule has 0 saturated carbocycles. The third kappa shape index (κ3) is 8.78. The minimum Gasteiger partial charge on any atom is -0.497 e. The fourth-order valence-electron chi connectivity index (χ4n) is 4.55. The van der Waals surface area contributed by atoms with Crippen LogP contribution in [-0.2, 0) is 26.0 Å². The summed E-state index contributed by atoms with van der Waals surface area (Å²) in [6.45, 7) is 7.96. The van der Waals surface area contributed by atoms with E-state index in [1.165, 1.54) is 23.5 Å². The number of hydrogen-bond donors (Lipinski definition) is 2. The van der Waals surface area contributed by atoms with Gasteiger partial charge < -0.3 is 19.9 Å². The molecule has 3 atom stereocenters. The van der Waals surface area contributed by atoms with E-state index >= 15 is 0 Å². The smallest absolute Gasteiger partial charge is 0.243 e. The van der Waals surface area contributed by atoms with E-state index in [0.29, 0.717) is 31.9 Å². The van der Waals surface area contributed by atoms with Crippen LogP contribution < -0.4 is 10.1 Å². The number of carbonyl (C=O) groups is 1. The highest BCUT2D eigenvalue weighted by Gasteiger charge is 2.32. The maximum atomic E-state index is 13.6. The fraction of sp³-hybridized carbons (Fsp3) is 0.536. The summed E-state index contributed by atoms with van der Waals surface area (Å²) >= 11 is 0. The largest absolute Gasteiger partial charge is 0.497 e. The van der Waals surface area contributed by atoms with Gasteiger partial charge in [-0.2, -0.15) is 4.31 Å². The van der Waals surface area contributed by atoms with Crippen molar-refractivity contribution in [2.45, 2.75) is 50.3 Å². The number of aliphatic hydroxyl groups excluding tert-OH is 1. The minimum atomic E-state index is -3.90. The molecular weight excluding hydrogens is 506 g/mol. The van der Waals surface area contributed by atoms with Gasteiger partial charge in [-0.1, -0.05) is 44.2 Å². The first-order chi connectivity index (χ1) is 18.1. The molecule has 2 aromatic rings. The molecule has 1 amide bonds. The molecule has 0 aliphatic carbocycles. The molecule has 0 aromatic heterocycles. The Morgan fingerprint density at radius 1 is 1.16 bits per heavy atom. The average molecular weight is 548 g/mol. The van der Waals surface area contributed by atoms with Crippen LogP contribution in [0.4, 0.5) is 0 Å². The predicted molar refractivity (Wildman–Crippen MR) is 147 cm³/mol. The summed E-state index contributed by atoms with van der Waals surface area (Å²) in [5.41, 5.74) is 0.935. The van der Waals surface area contributed by atoms with E-state index in [1.54, 1.807) is 12.1 Å². The van der Waals surface area contributed by atoms with E-state index in [4.69, 9.17) is 9.47 Å². The normalized spacial score (nSPS) is 18.3. The van der Waals surface area contributed by atoms with Crippen LogP contribution in [0.3, 0.4) is 0 Å². The number of ether oxygens (including phenoxy) is 2. The van der Waals surface area contributed by atoms with Crippen LogP contribution in [0.15, 0.2) is 59.5 Å². The van der Waals surface area contributed by atoms with Crippen molar-refractivity contribution >= 4 is 15.9 Å². The number of amides is 1. The van der Waals surface area contributed by atoms with Gasteiger partial charge in [-0.15, -0.1) is 0 Å². The topological polar surface area (TPSA) is 108 Å². The van der Waals surface area contributed by atoms with Gasteiger partial charge in [0.1, 0.15) is 5.75 Å². The van der Waals surface area contributed by atoms with Gasteiger partial charge in [0, 0.05) is 26.2 Å². The lowest BCUT2D eigenvalue weighted by atomic mass is 10.0. The Labute approximate surface area is 226 Å². The number of benzene rings is 2. The second-order valence-corrected chi connectivity index (χ2v) is 12.2. The van der Waals surface area contributed by atoms with Crippen LogP contribution in [0, 0.1) is 5.92 Å². The highest BCUT2D eigenvalue weighted by molar-refractivity contribution is 7.89. The second-order valence-electron chi connectivity index (χ2n) is 10.2. The van der Waals surface area contributed by atoms with Gasteiger partial charge in [-0.25, -0.2) is 8.42 Å². The zero-order valence-electron chi connectivity index (χ0n) is 22.7. The summed E-state index contributed by atoms with van der Waals surface area (Å²) in [6, 6.07) is 15.1. The molecule has 2 N–H and O–H groups in total. The van der Waals surface area contributed by atoms with Gasteiger partial charge in [0.15, 0.2) is 0 Å². The molecule has 1 saturated heterocycles. The molecule has 38 heavy (non-hydrogen) atoms. The SMILES string of the molecule is COc1ccc(S(=O)(=O)N(CC(C)C)C[C@@H](O)[C@H](Cc2ccccc2)NC(=O)CN2CCO[C@@H](C)C2)cc1. The molecule has 0 radical (unpaired) electrons. The van der Waals surface area contributed by atoms with E-state index in [1.807, 2.05) is 56.0 Å². The van der Waals surface area contributed by atoms with Crippen molar-refractivity contribution in [3.63, 3.8) is 0 Å². The van der Waals surface area contributed by atoms with Crippen molar-refractivity contribution in [2.24, 2.45) is 5.92 Å². The summed E-state index contributed by atoms with van der Waals surface area (Å²) < 4.78 is 39.2. The molecule has 210 valence electrons. The first kappa shape index (κ1) is 30.0. The molecule has 2 aromatic carbocycles. The first-order valence-electron chi connectivity index (χ1n) is 13.1. The highest BCUT2D eigenvalue weighted by Crippen LogP contribution is 2.21. The fourth-order valence-corrected chi connectivity index (χ4v) is 6.17. The van der Waals surface area contributed by atoms with Crippen LogP contribution in [0.1, 0.15) is 26.3 Å². The third-order valence-corrected chi connectivity index (χ3v) is 8.30. The van der Waals surface area contributed by atoms with Gasteiger partial charge in [0.05, 0.1) is 43.4 Å². The van der Waals surface area contributed by atoms with Gasteiger partial charge in [-0.05, 0) is 49.1 Å². The van der Waals surface area contributed by atoms with Crippen LogP contribution in [0.25, 0.3) is 0 Å². The Bertz CT molecular complexity index is 1110. The van der Waals surface area contributed by atoms with Gasteiger partial charge in [0.2, 0.25) is 15.9 Å². The van der Waals surface area contributed by atoms with Crippen LogP contribution in [-0.4, -0.2) is 93.3 Å². The van der Waals surface area contributed by atoms with E-state index < -0.39 is 22.2 Å². The number of rotatable bonds is 13. The number of sulfonamides is 1. The van der Waals surface area contributed by atoms with Gasteiger partial charge >= 0.3 is 0 Å². The molecule has 0 bridgehead atoms. The number of morpholine rings is 1. The number of nitrogens with zero attached hydrogens (tertiary/aromatic N) is 2. The van der Waals surface area contributed by atoms with E-state index in [0.717, 1.165) is 5.56 Å². The first-order valence-corrected chi connectivity index (χ1v) is 14.5. The van der Waals surface area contributed by atoms with Crippen LogP contribution in [0.5, 0.6) is 5.75 Å². The second kappa shape index (κ2) is 14.0. The van der Waals surface area contributed by atoms with E-state index in [9.17, 15) is 18.3 Å². The Kier molecular flexibility index (Phi) is 11.1. The summed E-state index contributed by atoms with van der Waals surface area (Å²) in [7, 11) is -2.38. The van der Waals surface area contributed by atoms with Gasteiger partial charge in [0.25, 0.3) is 0 Å². The van der Waals surface area contributed by atoms with Crippen LogP contribution >= 0.6 is 0 Å². The lowest BCUT2D eigenvalue weighted by Gasteiger charge is -2.33. The molecular formula is C28H41N3O6S. The molecule has 9 nitrogen and oxygen atoms in total. The lowest BCUT2D eigenvalue weighted by Crippen LogP contribution is -2.53. The van der Waals surface area contributed by atoms with Crippen molar-refractivity contribution < 1.29 is 27.8 Å². The van der Waals surface area contributed by atoms with Crippen molar-refractivity contribution in [1.29, 1.82) is 0 Å². The Morgan fingerprint density at radius 2 is 1.84 bits per heavy atom. The van der Waals surface area contributed by atoms with E-state index in [-0.39, 0.29) is 42.5 Å². The third-order valence-electron chi connectivity index (χ3n) is 6.46. The van der Waals surface area contributed by atoms with Gasteiger partial charge in [-0.3, -0.25) is 9.69 Å². The number of hydrogen-bond acceptors (Lipinski definition) is 7. The monoisotopic (exact) mass is 547 g/mol. The zero-order valence-corrected chi connectivity index (χ0v) is 23.6. The number of methoxy groups -OCH3 is 1. The molecule has 0 unspecified atom stereocenters. The zero-order chi connectivity index (χ0) is 27.7. The average Bonchev–Trinajstić information content (AvgIpc) is 2.88. The molecule has 1 aliphatic rings. The molecule has 0 spiro atoms. The minimum absolute atomic E-state index is 0.0284. The number of carbonyl (C=O) groups excluding carboxylic acids is 1. The molecule has 10 heteroatoms. The highest BCUT2D eigenvalue weighted by atomic mass is 32.2. The van der Waals surface area contributed by atoms with Crippen molar-refractivity contribution in [3.8, 4) is 5.75 Å². The summed E-state index contributed by atoms with van der Waals surface area (Å²) in [5.74, 6) is 0.368. The Morgan fingerprint density at radius 3 is 2.45 bits per heavy atom. The predicted octanol–water partition coefficient (Wildman–Crippen LogP) is 2.15.